The number of hydrogen-bond donors (Lipinski definition) is 1. The van der Waals surface area contributed by atoms with Gasteiger partial charge in [-0.05, 0) is 48.7 Å². The Labute approximate surface area is 203 Å². The Morgan fingerprint density at radius 1 is 1.03 bits per heavy atom. The van der Waals surface area contributed by atoms with Crippen molar-refractivity contribution in [1.29, 1.82) is 0 Å². The summed E-state index contributed by atoms with van der Waals surface area (Å²) in [5, 5.41) is 5.32. The zero-order valence-electron chi connectivity index (χ0n) is 19.4. The summed E-state index contributed by atoms with van der Waals surface area (Å²) in [7, 11) is 1.60. The van der Waals surface area contributed by atoms with Crippen molar-refractivity contribution < 1.29 is 14.3 Å². The van der Waals surface area contributed by atoms with Crippen LogP contribution in [0.2, 0.25) is 0 Å². The van der Waals surface area contributed by atoms with Gasteiger partial charge in [0, 0.05) is 17.0 Å². The number of carbonyl (C=O) groups excluding carboxylic acids is 1. The number of methoxy groups -OCH3 is 1. The zero-order valence-corrected chi connectivity index (χ0v) is 20.2. The van der Waals surface area contributed by atoms with Gasteiger partial charge in [0.2, 0.25) is 5.91 Å². The van der Waals surface area contributed by atoms with Crippen LogP contribution in [-0.2, 0) is 11.4 Å². The quantitative estimate of drug-likeness (QED) is 0.292. The fraction of sp³-hybridized carbons (Fsp3) is 0.143. The minimum absolute atomic E-state index is 0.247. The molecule has 1 N–H and O–H groups in total. The van der Waals surface area contributed by atoms with Crippen molar-refractivity contribution in [3.8, 4) is 22.8 Å². The van der Waals surface area contributed by atoms with E-state index in [1.807, 2.05) is 73.0 Å². The molecule has 1 amide bonds. The summed E-state index contributed by atoms with van der Waals surface area (Å²) >= 11 is 1.40. The normalized spacial score (nSPS) is 10.9. The molecular formula is C28H26N2O3S. The van der Waals surface area contributed by atoms with E-state index in [4.69, 9.17) is 9.47 Å². The van der Waals surface area contributed by atoms with Gasteiger partial charge in [-0.15, -0.1) is 11.3 Å². The van der Waals surface area contributed by atoms with Crippen LogP contribution in [0.15, 0.2) is 78.2 Å². The van der Waals surface area contributed by atoms with Gasteiger partial charge >= 0.3 is 0 Å². The summed E-state index contributed by atoms with van der Waals surface area (Å²) < 4.78 is 11.5. The van der Waals surface area contributed by atoms with E-state index in [0.717, 1.165) is 22.4 Å². The summed E-state index contributed by atoms with van der Waals surface area (Å²) in [6, 6.07) is 21.8. The van der Waals surface area contributed by atoms with Crippen LogP contribution in [0.3, 0.4) is 0 Å². The lowest BCUT2D eigenvalue weighted by Crippen LogP contribution is -2.07. The number of rotatable bonds is 8. The average molecular weight is 471 g/mol. The van der Waals surface area contributed by atoms with Crippen LogP contribution in [0.1, 0.15) is 22.3 Å². The van der Waals surface area contributed by atoms with E-state index in [0.29, 0.717) is 23.2 Å². The molecule has 3 aromatic carbocycles. The molecule has 1 heterocycles. The molecule has 4 rings (SSSR count). The molecule has 172 valence electrons. The van der Waals surface area contributed by atoms with Gasteiger partial charge in [-0.2, -0.15) is 0 Å². The molecule has 1 aromatic heterocycles. The third kappa shape index (κ3) is 5.91. The molecule has 6 heteroatoms. The lowest BCUT2D eigenvalue weighted by atomic mass is 10.1. The highest BCUT2D eigenvalue weighted by Crippen LogP contribution is 2.30. The lowest BCUT2D eigenvalue weighted by Gasteiger charge is -2.12. The van der Waals surface area contributed by atoms with Crippen molar-refractivity contribution in [2.45, 2.75) is 20.5 Å². The van der Waals surface area contributed by atoms with Crippen LogP contribution in [-0.4, -0.2) is 18.0 Å². The molecule has 0 fully saturated rings. The van der Waals surface area contributed by atoms with Gasteiger partial charge in [0.05, 0.1) is 12.8 Å². The van der Waals surface area contributed by atoms with Crippen molar-refractivity contribution in [3.63, 3.8) is 0 Å². The first-order valence-electron chi connectivity index (χ1n) is 10.9. The largest absolute Gasteiger partial charge is 0.493 e. The molecule has 0 saturated heterocycles. The summed E-state index contributed by atoms with van der Waals surface area (Å²) in [5.41, 5.74) is 6.19. The van der Waals surface area contributed by atoms with Crippen LogP contribution >= 0.6 is 11.3 Å². The van der Waals surface area contributed by atoms with Gasteiger partial charge < -0.3 is 9.47 Å². The van der Waals surface area contributed by atoms with E-state index in [1.165, 1.54) is 28.5 Å². The van der Waals surface area contributed by atoms with E-state index in [1.54, 1.807) is 13.2 Å². The number of ether oxygens (including phenoxy) is 2. The summed E-state index contributed by atoms with van der Waals surface area (Å²) in [6.07, 6.45) is 3.22. The van der Waals surface area contributed by atoms with E-state index in [-0.39, 0.29) is 5.91 Å². The second-order valence-electron chi connectivity index (χ2n) is 7.85. The van der Waals surface area contributed by atoms with E-state index < -0.39 is 0 Å². The highest BCUT2D eigenvalue weighted by atomic mass is 32.1. The monoisotopic (exact) mass is 470 g/mol. The van der Waals surface area contributed by atoms with Crippen LogP contribution in [0.5, 0.6) is 11.5 Å². The van der Waals surface area contributed by atoms with Crippen LogP contribution in [0, 0.1) is 13.8 Å². The maximum atomic E-state index is 12.4. The van der Waals surface area contributed by atoms with E-state index in [2.05, 4.69) is 23.3 Å². The van der Waals surface area contributed by atoms with Gasteiger partial charge in [-0.3, -0.25) is 10.1 Å². The first-order chi connectivity index (χ1) is 16.5. The van der Waals surface area contributed by atoms with Gasteiger partial charge in [-0.1, -0.05) is 60.2 Å². The van der Waals surface area contributed by atoms with Crippen LogP contribution in [0.25, 0.3) is 17.3 Å². The molecule has 0 radical (unpaired) electrons. The van der Waals surface area contributed by atoms with Crippen molar-refractivity contribution in [2.24, 2.45) is 0 Å². The van der Waals surface area contributed by atoms with E-state index >= 15 is 0 Å². The fourth-order valence-electron chi connectivity index (χ4n) is 3.34. The molecule has 5 nitrogen and oxygen atoms in total. The van der Waals surface area contributed by atoms with Gasteiger partial charge in [0.15, 0.2) is 16.6 Å². The standard InChI is InChI=1S/C28H26N2O3S/c1-19-8-12-22(13-9-19)24-18-34-28(29-24)30-27(31)15-11-21-10-14-25(26(16-21)32-3)33-17-23-7-5-4-6-20(23)2/h4-16,18H,17H2,1-3H3,(H,29,30,31)/b15-11+. The second kappa shape index (κ2) is 10.8. The number of carbonyl (C=O) groups is 1. The average Bonchev–Trinajstić information content (AvgIpc) is 3.31. The van der Waals surface area contributed by atoms with Gasteiger partial charge in [-0.25, -0.2) is 4.98 Å². The maximum Gasteiger partial charge on any atom is 0.250 e. The number of anilines is 1. The molecule has 0 aliphatic rings. The van der Waals surface area contributed by atoms with Crippen molar-refractivity contribution >= 4 is 28.5 Å². The minimum atomic E-state index is -0.247. The number of amides is 1. The molecular weight excluding hydrogens is 444 g/mol. The smallest absolute Gasteiger partial charge is 0.250 e. The van der Waals surface area contributed by atoms with Crippen LogP contribution in [0.4, 0.5) is 5.13 Å². The van der Waals surface area contributed by atoms with Crippen molar-refractivity contribution in [3.05, 3.63) is 100 Å². The third-order valence-corrected chi connectivity index (χ3v) is 6.10. The van der Waals surface area contributed by atoms with Crippen molar-refractivity contribution in [1.82, 2.24) is 4.98 Å². The molecule has 4 aromatic rings. The predicted octanol–water partition coefficient (Wildman–Crippen LogP) is 6.67. The SMILES string of the molecule is COc1cc(/C=C/C(=O)Nc2nc(-c3ccc(C)cc3)cs2)ccc1OCc1ccccc1C. The summed E-state index contributed by atoms with van der Waals surface area (Å²) in [5.74, 6) is 1.02. The number of benzene rings is 3. The number of thiazole rings is 1. The Morgan fingerprint density at radius 3 is 2.59 bits per heavy atom. The molecule has 0 unspecified atom stereocenters. The topological polar surface area (TPSA) is 60.5 Å². The third-order valence-electron chi connectivity index (χ3n) is 5.34. The lowest BCUT2D eigenvalue weighted by molar-refractivity contribution is -0.111. The number of aryl methyl sites for hydroxylation is 2. The number of hydrogen-bond acceptors (Lipinski definition) is 5. The molecule has 0 atom stereocenters. The van der Waals surface area contributed by atoms with Gasteiger partial charge in [0.1, 0.15) is 6.61 Å². The Kier molecular flexibility index (Phi) is 7.40. The molecule has 34 heavy (non-hydrogen) atoms. The van der Waals surface area contributed by atoms with Crippen molar-refractivity contribution in [2.75, 3.05) is 12.4 Å². The zero-order chi connectivity index (χ0) is 23.9. The number of nitrogens with zero attached hydrogens (tertiary/aromatic N) is 1. The maximum absolute atomic E-state index is 12.4. The fourth-order valence-corrected chi connectivity index (χ4v) is 4.06. The van der Waals surface area contributed by atoms with E-state index in [9.17, 15) is 4.79 Å². The Bertz CT molecular complexity index is 1310. The Hall–Kier alpha value is -3.90. The van der Waals surface area contributed by atoms with Gasteiger partial charge in [0.25, 0.3) is 0 Å². The number of nitrogens with one attached hydrogen (secondary N) is 1. The number of aromatic nitrogens is 1. The highest BCUT2D eigenvalue weighted by Gasteiger charge is 2.08. The summed E-state index contributed by atoms with van der Waals surface area (Å²) in [4.78, 5) is 16.9. The minimum Gasteiger partial charge on any atom is -0.493 e. The summed E-state index contributed by atoms with van der Waals surface area (Å²) in [6.45, 7) is 4.56. The molecule has 0 bridgehead atoms. The Morgan fingerprint density at radius 2 is 1.82 bits per heavy atom. The predicted molar refractivity (Wildman–Crippen MR) is 138 cm³/mol. The second-order valence-corrected chi connectivity index (χ2v) is 8.71. The molecule has 0 aliphatic heterocycles. The first kappa shape index (κ1) is 23.3. The molecule has 0 spiro atoms. The Balaban J connectivity index is 1.38. The molecule has 0 saturated carbocycles. The first-order valence-corrected chi connectivity index (χ1v) is 11.8. The van der Waals surface area contributed by atoms with Crippen LogP contribution < -0.4 is 14.8 Å². The molecule has 0 aliphatic carbocycles. The highest BCUT2D eigenvalue weighted by molar-refractivity contribution is 7.14.